The zero-order valence-electron chi connectivity index (χ0n) is 18.8. The van der Waals surface area contributed by atoms with Crippen LogP contribution in [0.2, 0.25) is 0 Å². The van der Waals surface area contributed by atoms with Crippen LogP contribution in [0.5, 0.6) is 23.0 Å². The van der Waals surface area contributed by atoms with Gasteiger partial charge in [-0.05, 0) is 66.2 Å². The van der Waals surface area contributed by atoms with Crippen molar-refractivity contribution in [2.75, 3.05) is 20.8 Å². The molecular formula is C26H24F3NO3. The molecule has 3 aromatic rings. The molecule has 4 nitrogen and oxygen atoms in total. The van der Waals surface area contributed by atoms with E-state index in [1.807, 2.05) is 24.3 Å². The average molecular weight is 455 g/mol. The summed E-state index contributed by atoms with van der Waals surface area (Å²) in [6.07, 6.45) is -4.38. The molecule has 172 valence electrons. The van der Waals surface area contributed by atoms with E-state index in [0.29, 0.717) is 29.5 Å². The van der Waals surface area contributed by atoms with Gasteiger partial charge in [0.2, 0.25) is 0 Å². The largest absolute Gasteiger partial charge is 0.493 e. The van der Waals surface area contributed by atoms with Crippen molar-refractivity contribution in [1.82, 2.24) is 0 Å². The molecule has 0 N–H and O–H groups in total. The summed E-state index contributed by atoms with van der Waals surface area (Å²) in [5.41, 5.74) is 2.96. The van der Waals surface area contributed by atoms with Gasteiger partial charge in [0.15, 0.2) is 11.5 Å². The number of halogens is 3. The first kappa shape index (κ1) is 22.7. The van der Waals surface area contributed by atoms with Gasteiger partial charge >= 0.3 is 6.18 Å². The number of ether oxygens (including phenoxy) is 3. The number of hydrogen-bond donors (Lipinski definition) is 0. The van der Waals surface area contributed by atoms with Crippen molar-refractivity contribution in [3.05, 3.63) is 82.9 Å². The summed E-state index contributed by atoms with van der Waals surface area (Å²) < 4.78 is 54.9. The second-order valence-corrected chi connectivity index (χ2v) is 8.45. The first-order chi connectivity index (χ1) is 15.6. The molecule has 1 aliphatic heterocycles. The van der Waals surface area contributed by atoms with E-state index in [0.717, 1.165) is 34.5 Å². The zero-order chi connectivity index (χ0) is 23.8. The molecule has 33 heavy (non-hydrogen) atoms. The lowest BCUT2D eigenvalue weighted by molar-refractivity contribution is -0.137. The van der Waals surface area contributed by atoms with Gasteiger partial charge in [0.25, 0.3) is 0 Å². The number of hydrogen-bond acceptors (Lipinski definition) is 4. The van der Waals surface area contributed by atoms with Gasteiger partial charge in [-0.15, -0.1) is 0 Å². The van der Waals surface area contributed by atoms with Crippen molar-refractivity contribution >= 4 is 5.71 Å². The molecule has 1 heterocycles. The molecule has 0 saturated heterocycles. The molecular weight excluding hydrogens is 431 g/mol. The minimum Gasteiger partial charge on any atom is -0.493 e. The fourth-order valence-electron chi connectivity index (χ4n) is 3.86. The first-order valence-electron chi connectivity index (χ1n) is 10.4. The Morgan fingerprint density at radius 2 is 1.36 bits per heavy atom. The van der Waals surface area contributed by atoms with Crippen LogP contribution in [-0.4, -0.2) is 26.5 Å². The molecule has 3 aromatic carbocycles. The van der Waals surface area contributed by atoms with Crippen molar-refractivity contribution in [1.29, 1.82) is 0 Å². The number of methoxy groups -OCH3 is 2. The quantitative estimate of drug-likeness (QED) is 0.433. The van der Waals surface area contributed by atoms with E-state index in [4.69, 9.17) is 19.2 Å². The van der Waals surface area contributed by atoms with Gasteiger partial charge in [-0.3, -0.25) is 4.99 Å². The summed E-state index contributed by atoms with van der Waals surface area (Å²) in [6, 6.07) is 15.9. The van der Waals surface area contributed by atoms with E-state index in [9.17, 15) is 13.2 Å². The van der Waals surface area contributed by atoms with Gasteiger partial charge in [0.1, 0.15) is 11.5 Å². The minimum absolute atomic E-state index is 0.163. The van der Waals surface area contributed by atoms with Crippen LogP contribution in [0.3, 0.4) is 0 Å². The van der Waals surface area contributed by atoms with Gasteiger partial charge in [-0.25, -0.2) is 0 Å². The highest BCUT2D eigenvalue weighted by Crippen LogP contribution is 2.40. The summed E-state index contributed by atoms with van der Waals surface area (Å²) in [7, 11) is 3.22. The number of nitrogens with zero attached hydrogens (tertiary/aromatic N) is 1. The number of benzene rings is 3. The maximum absolute atomic E-state index is 12.7. The predicted molar refractivity (Wildman–Crippen MR) is 121 cm³/mol. The van der Waals surface area contributed by atoms with Gasteiger partial charge in [-0.1, -0.05) is 13.8 Å². The van der Waals surface area contributed by atoms with Crippen molar-refractivity contribution in [2.45, 2.75) is 25.4 Å². The van der Waals surface area contributed by atoms with Crippen LogP contribution in [0.1, 0.15) is 36.1 Å². The fourth-order valence-corrected chi connectivity index (χ4v) is 3.86. The van der Waals surface area contributed by atoms with Gasteiger partial charge in [-0.2, -0.15) is 13.2 Å². The lowest BCUT2D eigenvalue weighted by Crippen LogP contribution is -2.30. The standard InChI is InChI=1S/C26H24F3NO3/c1-25(2)15-30-24(20-13-22(31-3)23(32-4)14-21(20)25)16-5-9-18(10-6-16)33-19-11-7-17(8-12-19)26(27,28)29/h5-14H,15H2,1-4H3. The van der Waals surface area contributed by atoms with Crippen molar-refractivity contribution < 1.29 is 27.4 Å². The number of alkyl halides is 3. The van der Waals surface area contributed by atoms with Crippen LogP contribution in [0, 0.1) is 0 Å². The topological polar surface area (TPSA) is 40.0 Å². The van der Waals surface area contributed by atoms with Crippen molar-refractivity contribution in [3.63, 3.8) is 0 Å². The molecule has 0 amide bonds. The minimum atomic E-state index is -4.38. The number of fused-ring (bicyclic) bond motifs is 1. The average Bonchev–Trinajstić information content (AvgIpc) is 2.79. The molecule has 0 atom stereocenters. The Balaban J connectivity index is 1.61. The lowest BCUT2D eigenvalue weighted by Gasteiger charge is -2.32. The van der Waals surface area contributed by atoms with E-state index < -0.39 is 11.7 Å². The first-order valence-corrected chi connectivity index (χ1v) is 10.4. The van der Waals surface area contributed by atoms with E-state index in [1.54, 1.807) is 26.4 Å². The molecule has 0 bridgehead atoms. The fraction of sp³-hybridized carbons (Fsp3) is 0.269. The Labute approximate surface area is 190 Å². The monoisotopic (exact) mass is 455 g/mol. The van der Waals surface area contributed by atoms with Crippen LogP contribution < -0.4 is 14.2 Å². The molecule has 0 radical (unpaired) electrons. The maximum atomic E-state index is 12.7. The molecule has 7 heteroatoms. The zero-order valence-corrected chi connectivity index (χ0v) is 18.8. The molecule has 4 rings (SSSR count). The molecule has 0 aromatic heterocycles. The Bertz CT molecular complexity index is 1180. The summed E-state index contributed by atoms with van der Waals surface area (Å²) >= 11 is 0. The second kappa shape index (κ2) is 8.46. The van der Waals surface area contributed by atoms with Gasteiger partial charge in [0, 0.05) is 23.1 Å². The van der Waals surface area contributed by atoms with Crippen molar-refractivity contribution in [3.8, 4) is 23.0 Å². The Hall–Kier alpha value is -3.48. The normalized spacial score (nSPS) is 14.8. The molecule has 1 aliphatic rings. The van der Waals surface area contributed by atoms with Crippen LogP contribution in [-0.2, 0) is 11.6 Å². The van der Waals surface area contributed by atoms with E-state index in [2.05, 4.69) is 13.8 Å². The third-order valence-electron chi connectivity index (χ3n) is 5.69. The Morgan fingerprint density at radius 3 is 1.91 bits per heavy atom. The lowest BCUT2D eigenvalue weighted by atomic mass is 9.77. The number of aliphatic imine (C=N–C) groups is 1. The third-order valence-corrected chi connectivity index (χ3v) is 5.69. The van der Waals surface area contributed by atoms with Crippen LogP contribution >= 0.6 is 0 Å². The van der Waals surface area contributed by atoms with Gasteiger partial charge in [0.05, 0.1) is 25.5 Å². The van der Waals surface area contributed by atoms with E-state index in [1.165, 1.54) is 12.1 Å². The van der Waals surface area contributed by atoms with Crippen LogP contribution in [0.25, 0.3) is 0 Å². The highest BCUT2D eigenvalue weighted by molar-refractivity contribution is 6.15. The second-order valence-electron chi connectivity index (χ2n) is 8.45. The van der Waals surface area contributed by atoms with Crippen LogP contribution in [0.4, 0.5) is 13.2 Å². The smallest absolute Gasteiger partial charge is 0.416 e. The van der Waals surface area contributed by atoms with Crippen molar-refractivity contribution in [2.24, 2.45) is 4.99 Å². The summed E-state index contributed by atoms with van der Waals surface area (Å²) in [4.78, 5) is 4.84. The summed E-state index contributed by atoms with van der Waals surface area (Å²) in [5.74, 6) is 2.15. The SMILES string of the molecule is COc1cc2c(cc1OC)C(C)(C)CN=C2c1ccc(Oc2ccc(C(F)(F)F)cc2)cc1. The molecule has 0 unspecified atom stereocenters. The predicted octanol–water partition coefficient (Wildman–Crippen LogP) is 6.64. The Morgan fingerprint density at radius 1 is 0.818 bits per heavy atom. The summed E-state index contributed by atoms with van der Waals surface area (Å²) in [5, 5.41) is 0. The van der Waals surface area contributed by atoms with Crippen LogP contribution in [0.15, 0.2) is 65.7 Å². The van der Waals surface area contributed by atoms with E-state index in [-0.39, 0.29) is 5.41 Å². The Kier molecular flexibility index (Phi) is 5.82. The summed E-state index contributed by atoms with van der Waals surface area (Å²) in [6.45, 7) is 4.90. The van der Waals surface area contributed by atoms with Gasteiger partial charge < -0.3 is 14.2 Å². The molecule has 0 aliphatic carbocycles. The molecule has 0 spiro atoms. The van der Waals surface area contributed by atoms with E-state index >= 15 is 0 Å². The molecule has 0 fully saturated rings. The molecule has 0 saturated carbocycles. The maximum Gasteiger partial charge on any atom is 0.416 e. The third kappa shape index (κ3) is 4.53. The number of rotatable bonds is 5. The highest BCUT2D eigenvalue weighted by Gasteiger charge is 2.32. The highest BCUT2D eigenvalue weighted by atomic mass is 19.4.